The zero-order chi connectivity index (χ0) is 23.2. The number of benzene rings is 2. The third kappa shape index (κ3) is 5.42. The van der Waals surface area contributed by atoms with Gasteiger partial charge in [-0.15, -0.1) is 0 Å². The van der Waals surface area contributed by atoms with Crippen LogP contribution >= 0.6 is 0 Å². The Morgan fingerprint density at radius 2 is 1.61 bits per heavy atom. The minimum absolute atomic E-state index is 0.0614. The van der Waals surface area contributed by atoms with Gasteiger partial charge in [0.2, 0.25) is 5.75 Å². The first-order valence-corrected chi connectivity index (χ1v) is 11.5. The number of hydrogen-bond donors (Lipinski definition) is 3. The van der Waals surface area contributed by atoms with Crippen molar-refractivity contribution in [2.45, 2.75) is 57.0 Å². The van der Waals surface area contributed by atoms with Gasteiger partial charge in [0.25, 0.3) is 11.5 Å². The van der Waals surface area contributed by atoms with Gasteiger partial charge in [0.05, 0.1) is 0 Å². The minimum atomic E-state index is -0.843. The van der Waals surface area contributed by atoms with E-state index in [4.69, 9.17) is 0 Å². The number of aromatic hydroxyl groups is 1. The van der Waals surface area contributed by atoms with Gasteiger partial charge in [-0.05, 0) is 55.6 Å². The number of aromatic amines is 1. The molecule has 7 nitrogen and oxygen atoms in total. The summed E-state index contributed by atoms with van der Waals surface area (Å²) in [6.45, 7) is 0.155. The van der Waals surface area contributed by atoms with Crippen molar-refractivity contribution < 1.29 is 9.90 Å². The molecule has 1 aliphatic carbocycles. The van der Waals surface area contributed by atoms with Crippen molar-refractivity contribution in [3.05, 3.63) is 98.3 Å². The normalized spacial score (nSPS) is 18.1. The largest absolute Gasteiger partial charge is 0.501 e. The van der Waals surface area contributed by atoms with E-state index < -0.39 is 22.9 Å². The maximum atomic E-state index is 12.7. The maximum Gasteiger partial charge on any atom is 0.329 e. The number of aromatic nitrogens is 2. The summed E-state index contributed by atoms with van der Waals surface area (Å²) >= 11 is 0. The summed E-state index contributed by atoms with van der Waals surface area (Å²) in [5, 5.41) is 13.2. The van der Waals surface area contributed by atoms with E-state index in [1.54, 1.807) is 0 Å². The SMILES string of the molecule is O=C(N[C@H]1CC[C@@H](c2ccccc2)CC1)c1[nH]c(=O)n(CCCc2ccccc2)c(=O)c1O. The smallest absolute Gasteiger partial charge is 0.329 e. The molecule has 1 heterocycles. The van der Waals surface area contributed by atoms with Gasteiger partial charge in [-0.2, -0.15) is 0 Å². The van der Waals surface area contributed by atoms with Crippen LogP contribution in [0.4, 0.5) is 0 Å². The molecule has 0 radical (unpaired) electrons. The van der Waals surface area contributed by atoms with Gasteiger partial charge in [0, 0.05) is 12.6 Å². The van der Waals surface area contributed by atoms with Crippen LogP contribution < -0.4 is 16.6 Å². The number of nitrogens with zero attached hydrogens (tertiary/aromatic N) is 1. The Morgan fingerprint density at radius 3 is 2.27 bits per heavy atom. The van der Waals surface area contributed by atoms with Crippen molar-refractivity contribution in [2.75, 3.05) is 0 Å². The van der Waals surface area contributed by atoms with E-state index in [0.29, 0.717) is 18.8 Å². The van der Waals surface area contributed by atoms with Gasteiger partial charge in [-0.1, -0.05) is 60.7 Å². The molecule has 4 rings (SSSR count). The van der Waals surface area contributed by atoms with Crippen molar-refractivity contribution in [3.63, 3.8) is 0 Å². The summed E-state index contributed by atoms with van der Waals surface area (Å²) in [4.78, 5) is 40.1. The zero-order valence-electron chi connectivity index (χ0n) is 18.5. The van der Waals surface area contributed by atoms with E-state index in [1.165, 1.54) is 5.56 Å². The Balaban J connectivity index is 1.37. The Bertz CT molecular complexity index is 1190. The predicted octanol–water partition coefficient (Wildman–Crippen LogP) is 3.33. The van der Waals surface area contributed by atoms with Crippen LogP contribution in [0.15, 0.2) is 70.3 Å². The number of H-pyrrole nitrogens is 1. The molecule has 1 amide bonds. The molecule has 0 bridgehead atoms. The van der Waals surface area contributed by atoms with Crippen molar-refractivity contribution in [3.8, 4) is 5.75 Å². The first-order chi connectivity index (χ1) is 16.0. The minimum Gasteiger partial charge on any atom is -0.501 e. The summed E-state index contributed by atoms with van der Waals surface area (Å²) in [7, 11) is 0. The zero-order valence-corrected chi connectivity index (χ0v) is 18.5. The molecule has 33 heavy (non-hydrogen) atoms. The highest BCUT2D eigenvalue weighted by molar-refractivity contribution is 5.94. The summed E-state index contributed by atoms with van der Waals surface area (Å²) < 4.78 is 0.945. The number of rotatable bonds is 7. The van der Waals surface area contributed by atoms with Gasteiger partial charge < -0.3 is 10.4 Å². The van der Waals surface area contributed by atoms with Gasteiger partial charge in [0.1, 0.15) is 0 Å². The van der Waals surface area contributed by atoms with Crippen molar-refractivity contribution in [1.29, 1.82) is 0 Å². The van der Waals surface area contributed by atoms with Crippen LogP contribution in [0.1, 0.15) is 59.6 Å². The first kappa shape index (κ1) is 22.6. The monoisotopic (exact) mass is 447 g/mol. The Hall–Kier alpha value is -3.61. The summed E-state index contributed by atoms with van der Waals surface area (Å²) in [5.74, 6) is -0.876. The van der Waals surface area contributed by atoms with Crippen molar-refractivity contribution in [1.82, 2.24) is 14.9 Å². The number of amides is 1. The number of hydrogen-bond acceptors (Lipinski definition) is 4. The number of aryl methyl sites for hydroxylation is 1. The molecule has 3 N–H and O–H groups in total. The van der Waals surface area contributed by atoms with E-state index in [-0.39, 0.29) is 18.3 Å². The van der Waals surface area contributed by atoms with Crippen molar-refractivity contribution in [2.24, 2.45) is 0 Å². The molecular formula is C26H29N3O4. The average Bonchev–Trinajstić information content (AvgIpc) is 2.85. The van der Waals surface area contributed by atoms with Crippen LogP contribution in [0.2, 0.25) is 0 Å². The highest BCUT2D eigenvalue weighted by atomic mass is 16.3. The standard InChI is InChI=1S/C26H29N3O4/c30-23-22(24(31)27-21-15-13-20(14-16-21)19-11-5-2-6-12-19)28-26(33)29(25(23)32)17-7-10-18-8-3-1-4-9-18/h1-6,8-9,11-12,20-21,30H,7,10,13-17H2,(H,27,31)(H,28,33)/t20-,21+. The Labute approximate surface area is 192 Å². The third-order valence-corrected chi connectivity index (χ3v) is 6.41. The topological polar surface area (TPSA) is 104 Å². The average molecular weight is 448 g/mol. The van der Waals surface area contributed by atoms with Crippen LogP contribution in [-0.4, -0.2) is 26.6 Å². The van der Waals surface area contributed by atoms with Crippen LogP contribution in [0.3, 0.4) is 0 Å². The molecule has 0 unspecified atom stereocenters. The second kappa shape index (κ2) is 10.3. The molecule has 0 aliphatic heterocycles. The van der Waals surface area contributed by atoms with Gasteiger partial charge in [-0.3, -0.25) is 19.1 Å². The quantitative estimate of drug-likeness (QED) is 0.517. The molecule has 0 spiro atoms. The van der Waals surface area contributed by atoms with E-state index >= 15 is 0 Å². The molecule has 1 saturated carbocycles. The lowest BCUT2D eigenvalue weighted by Gasteiger charge is -2.29. The number of carbonyl (C=O) groups is 1. The van der Waals surface area contributed by atoms with E-state index in [2.05, 4.69) is 22.4 Å². The summed E-state index contributed by atoms with van der Waals surface area (Å²) in [6.07, 6.45) is 4.74. The molecule has 1 aliphatic rings. The third-order valence-electron chi connectivity index (χ3n) is 6.41. The second-order valence-corrected chi connectivity index (χ2v) is 8.63. The molecule has 2 aromatic carbocycles. The maximum absolute atomic E-state index is 12.7. The molecule has 0 atom stereocenters. The molecule has 0 saturated heterocycles. The van der Waals surface area contributed by atoms with E-state index in [1.807, 2.05) is 48.5 Å². The number of nitrogens with one attached hydrogen (secondary N) is 2. The van der Waals surface area contributed by atoms with Gasteiger partial charge in [0.15, 0.2) is 5.69 Å². The molecule has 7 heteroatoms. The summed E-state index contributed by atoms with van der Waals surface area (Å²) in [6, 6.07) is 20.0. The molecule has 1 fully saturated rings. The fraction of sp³-hybridized carbons (Fsp3) is 0.346. The van der Waals surface area contributed by atoms with Crippen LogP contribution in [0, 0.1) is 0 Å². The van der Waals surface area contributed by atoms with E-state index in [0.717, 1.165) is 35.8 Å². The fourth-order valence-electron chi connectivity index (χ4n) is 4.57. The second-order valence-electron chi connectivity index (χ2n) is 8.63. The van der Waals surface area contributed by atoms with E-state index in [9.17, 15) is 19.5 Å². The molecule has 172 valence electrons. The van der Waals surface area contributed by atoms with Crippen LogP contribution in [0.5, 0.6) is 5.75 Å². The van der Waals surface area contributed by atoms with Gasteiger partial charge in [-0.25, -0.2) is 4.79 Å². The first-order valence-electron chi connectivity index (χ1n) is 11.5. The lowest BCUT2D eigenvalue weighted by molar-refractivity contribution is 0.0916. The van der Waals surface area contributed by atoms with Crippen LogP contribution in [-0.2, 0) is 13.0 Å². The lowest BCUT2D eigenvalue weighted by atomic mass is 9.82. The Morgan fingerprint density at radius 1 is 0.970 bits per heavy atom. The molecule has 1 aromatic heterocycles. The number of carbonyl (C=O) groups excluding carboxylic acids is 1. The highest BCUT2D eigenvalue weighted by Gasteiger charge is 2.26. The van der Waals surface area contributed by atoms with Gasteiger partial charge >= 0.3 is 5.69 Å². The lowest BCUT2D eigenvalue weighted by Crippen LogP contribution is -2.42. The van der Waals surface area contributed by atoms with Crippen molar-refractivity contribution >= 4 is 5.91 Å². The fourth-order valence-corrected chi connectivity index (χ4v) is 4.57. The highest BCUT2D eigenvalue weighted by Crippen LogP contribution is 2.32. The molecular weight excluding hydrogens is 418 g/mol. The summed E-state index contributed by atoms with van der Waals surface area (Å²) in [5.41, 5.74) is 0.507. The van der Waals surface area contributed by atoms with Crippen LogP contribution in [0.25, 0.3) is 0 Å². The Kier molecular flexibility index (Phi) is 7.07. The molecule has 3 aromatic rings. The predicted molar refractivity (Wildman–Crippen MR) is 127 cm³/mol.